The zero-order valence-corrected chi connectivity index (χ0v) is 12.6. The third-order valence-electron chi connectivity index (χ3n) is 2.26. The summed E-state index contributed by atoms with van der Waals surface area (Å²) in [5.74, 6) is -2.20. The highest BCUT2D eigenvalue weighted by molar-refractivity contribution is 6.15. The molecule has 1 rings (SSSR count). The Kier molecular flexibility index (Phi) is 3.84. The summed E-state index contributed by atoms with van der Waals surface area (Å²) in [4.78, 5) is 25.7. The molecule has 1 N–H and O–H groups in total. The van der Waals surface area contributed by atoms with E-state index in [4.69, 9.17) is 9.47 Å². The highest BCUT2D eigenvalue weighted by Gasteiger charge is 2.42. The molecule has 6 nitrogen and oxygen atoms in total. The van der Waals surface area contributed by atoms with Gasteiger partial charge in [0.05, 0.1) is 0 Å². The minimum absolute atomic E-state index is 0.112. The van der Waals surface area contributed by atoms with E-state index in [0.29, 0.717) is 5.82 Å². The normalized spacial score (nSPS) is 18.6. The van der Waals surface area contributed by atoms with Crippen molar-refractivity contribution in [1.82, 2.24) is 10.2 Å². The van der Waals surface area contributed by atoms with Crippen LogP contribution in [0.15, 0.2) is 11.4 Å². The van der Waals surface area contributed by atoms with E-state index in [9.17, 15) is 9.59 Å². The van der Waals surface area contributed by atoms with Gasteiger partial charge in [0.25, 0.3) is 5.79 Å². The number of cyclic esters (lactones) is 2. The lowest BCUT2D eigenvalue weighted by Gasteiger charge is -2.34. The molecule has 1 fully saturated rings. The molecule has 0 aromatic carbocycles. The molecule has 0 unspecified atom stereocenters. The van der Waals surface area contributed by atoms with Gasteiger partial charge in [-0.2, -0.15) is 0 Å². The van der Waals surface area contributed by atoms with Crippen LogP contribution in [0.3, 0.4) is 0 Å². The van der Waals surface area contributed by atoms with E-state index >= 15 is 0 Å². The van der Waals surface area contributed by atoms with Crippen LogP contribution in [0.4, 0.5) is 0 Å². The second-order valence-corrected chi connectivity index (χ2v) is 6.17. The number of esters is 2. The van der Waals surface area contributed by atoms with Gasteiger partial charge in [-0.1, -0.05) is 0 Å². The maximum absolute atomic E-state index is 12.0. The molecule has 0 spiro atoms. The summed E-state index contributed by atoms with van der Waals surface area (Å²) in [5, 5.41) is 3.12. The van der Waals surface area contributed by atoms with Crippen LogP contribution >= 0.6 is 0 Å². The molecule has 108 valence electrons. The van der Waals surface area contributed by atoms with Crippen molar-refractivity contribution in [2.75, 3.05) is 14.1 Å². The lowest BCUT2D eigenvalue weighted by Crippen LogP contribution is -2.47. The number of nitrogens with one attached hydrogen (secondary N) is 1. The van der Waals surface area contributed by atoms with E-state index in [0.717, 1.165) is 0 Å². The first-order valence-corrected chi connectivity index (χ1v) is 6.09. The van der Waals surface area contributed by atoms with Crippen LogP contribution in [0.25, 0.3) is 0 Å². The molecule has 0 aromatic heterocycles. The van der Waals surface area contributed by atoms with Crippen molar-refractivity contribution >= 4 is 11.9 Å². The SMILES string of the molecule is CN(C)C(NC(C)(C)C)=C1C(=O)OC(C)(C)OC1=O. The Morgan fingerprint density at radius 1 is 1.11 bits per heavy atom. The van der Waals surface area contributed by atoms with Gasteiger partial charge in [0, 0.05) is 33.5 Å². The van der Waals surface area contributed by atoms with Crippen molar-refractivity contribution in [3.05, 3.63) is 11.4 Å². The molecular weight excluding hydrogens is 248 g/mol. The Morgan fingerprint density at radius 2 is 1.53 bits per heavy atom. The number of hydrogen-bond donors (Lipinski definition) is 1. The fourth-order valence-corrected chi connectivity index (χ4v) is 1.60. The number of carbonyl (C=O) groups excluding carboxylic acids is 2. The monoisotopic (exact) mass is 270 g/mol. The van der Waals surface area contributed by atoms with Gasteiger partial charge in [0.2, 0.25) is 0 Å². The number of carbonyl (C=O) groups is 2. The third-order valence-corrected chi connectivity index (χ3v) is 2.26. The van der Waals surface area contributed by atoms with Gasteiger partial charge in [-0.25, -0.2) is 9.59 Å². The van der Waals surface area contributed by atoms with Crippen LogP contribution in [-0.4, -0.2) is 42.3 Å². The molecule has 0 aliphatic carbocycles. The van der Waals surface area contributed by atoms with Crippen molar-refractivity contribution in [1.29, 1.82) is 0 Å². The van der Waals surface area contributed by atoms with Crippen molar-refractivity contribution in [2.24, 2.45) is 0 Å². The van der Waals surface area contributed by atoms with Gasteiger partial charge in [-0.3, -0.25) is 0 Å². The topological polar surface area (TPSA) is 67.9 Å². The lowest BCUT2D eigenvalue weighted by molar-refractivity contribution is -0.222. The first-order valence-electron chi connectivity index (χ1n) is 6.09. The quantitative estimate of drug-likeness (QED) is 0.458. The molecule has 1 heterocycles. The van der Waals surface area contributed by atoms with E-state index in [1.54, 1.807) is 19.0 Å². The molecule has 0 bridgehead atoms. The number of hydrogen-bond acceptors (Lipinski definition) is 6. The van der Waals surface area contributed by atoms with Gasteiger partial charge in [0.15, 0.2) is 5.57 Å². The van der Waals surface area contributed by atoms with Gasteiger partial charge < -0.3 is 19.7 Å². The largest absolute Gasteiger partial charge is 0.419 e. The predicted octanol–water partition coefficient (Wildman–Crippen LogP) is 0.984. The fraction of sp³-hybridized carbons (Fsp3) is 0.692. The maximum Gasteiger partial charge on any atom is 0.352 e. The van der Waals surface area contributed by atoms with Gasteiger partial charge in [0.1, 0.15) is 5.82 Å². The van der Waals surface area contributed by atoms with E-state index < -0.39 is 17.7 Å². The van der Waals surface area contributed by atoms with E-state index in [-0.39, 0.29) is 11.1 Å². The summed E-state index contributed by atoms with van der Waals surface area (Å²) in [5.41, 5.74) is -0.417. The van der Waals surface area contributed by atoms with Crippen molar-refractivity contribution in [2.45, 2.75) is 45.9 Å². The molecule has 0 saturated carbocycles. The van der Waals surface area contributed by atoms with Crippen LogP contribution < -0.4 is 5.32 Å². The first kappa shape index (κ1) is 15.3. The molecule has 0 atom stereocenters. The predicted molar refractivity (Wildman–Crippen MR) is 69.9 cm³/mol. The van der Waals surface area contributed by atoms with Crippen LogP contribution in [0.1, 0.15) is 34.6 Å². The minimum Gasteiger partial charge on any atom is -0.419 e. The Balaban J connectivity index is 3.23. The average Bonchev–Trinajstić information content (AvgIpc) is 2.10. The first-order chi connectivity index (χ1) is 8.43. The van der Waals surface area contributed by atoms with Crippen LogP contribution in [0, 0.1) is 0 Å². The lowest BCUT2D eigenvalue weighted by atomic mass is 10.1. The molecule has 19 heavy (non-hydrogen) atoms. The summed E-state index contributed by atoms with van der Waals surface area (Å²) in [6, 6.07) is 0. The summed E-state index contributed by atoms with van der Waals surface area (Å²) in [6.07, 6.45) is 0. The van der Waals surface area contributed by atoms with Crippen LogP contribution in [0.2, 0.25) is 0 Å². The zero-order chi connectivity index (χ0) is 15.0. The molecule has 0 amide bonds. The number of ether oxygens (including phenoxy) is 2. The maximum atomic E-state index is 12.0. The minimum atomic E-state index is -1.23. The smallest absolute Gasteiger partial charge is 0.352 e. The van der Waals surface area contributed by atoms with Gasteiger partial charge in [-0.05, 0) is 20.8 Å². The summed E-state index contributed by atoms with van der Waals surface area (Å²) in [7, 11) is 3.47. The Morgan fingerprint density at radius 3 is 1.84 bits per heavy atom. The summed E-state index contributed by atoms with van der Waals surface area (Å²) in [6.45, 7) is 8.83. The van der Waals surface area contributed by atoms with Crippen molar-refractivity contribution in [3.8, 4) is 0 Å². The molecule has 1 aliphatic rings. The Labute approximate surface area is 113 Å². The summed E-state index contributed by atoms with van der Waals surface area (Å²) >= 11 is 0. The second kappa shape index (κ2) is 4.75. The molecule has 1 aliphatic heterocycles. The zero-order valence-electron chi connectivity index (χ0n) is 12.6. The third kappa shape index (κ3) is 3.87. The van der Waals surface area contributed by atoms with Gasteiger partial charge >= 0.3 is 11.9 Å². The Hall–Kier alpha value is -1.72. The highest BCUT2D eigenvalue weighted by atomic mass is 16.7. The fourth-order valence-electron chi connectivity index (χ4n) is 1.60. The van der Waals surface area contributed by atoms with Crippen molar-refractivity contribution in [3.63, 3.8) is 0 Å². The van der Waals surface area contributed by atoms with E-state index in [2.05, 4.69) is 5.32 Å². The molecule has 0 radical (unpaired) electrons. The molecule has 6 heteroatoms. The Bertz CT molecular complexity index is 408. The van der Waals surface area contributed by atoms with Crippen LogP contribution in [-0.2, 0) is 19.1 Å². The van der Waals surface area contributed by atoms with E-state index in [1.165, 1.54) is 13.8 Å². The van der Waals surface area contributed by atoms with Crippen LogP contribution in [0.5, 0.6) is 0 Å². The average molecular weight is 270 g/mol. The van der Waals surface area contributed by atoms with E-state index in [1.807, 2.05) is 20.8 Å². The standard InChI is InChI=1S/C13H22N2O4/c1-12(2,3)14-9(15(6)7)8-10(16)18-13(4,5)19-11(8)17/h14H,1-7H3. The number of nitrogens with zero attached hydrogens (tertiary/aromatic N) is 1. The molecule has 1 saturated heterocycles. The number of rotatable bonds is 2. The summed E-state index contributed by atoms with van der Waals surface area (Å²) < 4.78 is 10.2. The van der Waals surface area contributed by atoms with Crippen molar-refractivity contribution < 1.29 is 19.1 Å². The molecular formula is C13H22N2O4. The molecule has 0 aromatic rings. The van der Waals surface area contributed by atoms with Gasteiger partial charge in [-0.15, -0.1) is 0 Å². The highest BCUT2D eigenvalue weighted by Crippen LogP contribution is 2.25. The second-order valence-electron chi connectivity index (χ2n) is 6.17.